The Balaban J connectivity index is 2.09. The molecule has 0 aliphatic carbocycles. The van der Waals surface area contributed by atoms with Gasteiger partial charge in [0, 0.05) is 13.6 Å². The van der Waals surface area contributed by atoms with Crippen LogP contribution in [0.1, 0.15) is 23.2 Å². The summed E-state index contributed by atoms with van der Waals surface area (Å²) >= 11 is 0. The summed E-state index contributed by atoms with van der Waals surface area (Å²) in [6.07, 6.45) is 3.90. The molecular formula is C14H23N5O. The Morgan fingerprint density at radius 2 is 2.15 bits per heavy atom. The van der Waals surface area contributed by atoms with Crippen LogP contribution in [0.2, 0.25) is 0 Å². The minimum atomic E-state index is -0.491. The molecule has 110 valence electrons. The molecule has 2 rings (SSSR count). The van der Waals surface area contributed by atoms with Crippen LogP contribution in [0.5, 0.6) is 0 Å². The zero-order valence-electron chi connectivity index (χ0n) is 12.2. The molecule has 6 nitrogen and oxygen atoms in total. The molecule has 1 aliphatic heterocycles. The molecule has 2 heterocycles. The number of pyridine rings is 1. The molecular weight excluding hydrogens is 254 g/mol. The Morgan fingerprint density at radius 3 is 2.75 bits per heavy atom. The number of hydrogen-bond acceptors (Lipinski definition) is 5. The number of likely N-dealkylation sites (tertiary alicyclic amines) is 1. The zero-order chi connectivity index (χ0) is 14.7. The largest absolute Gasteiger partial charge is 0.397 e. The highest BCUT2D eigenvalue weighted by molar-refractivity contribution is 5.98. The number of hydrogen-bond donors (Lipinski definition) is 2. The molecule has 1 amide bonds. The fourth-order valence-corrected chi connectivity index (χ4v) is 2.68. The molecule has 0 saturated carbocycles. The Morgan fingerprint density at radius 1 is 1.50 bits per heavy atom. The highest BCUT2D eigenvalue weighted by Gasteiger charge is 2.21. The fourth-order valence-electron chi connectivity index (χ4n) is 2.68. The summed E-state index contributed by atoms with van der Waals surface area (Å²) in [6, 6.07) is 1.59. The molecule has 0 atom stereocenters. The first kappa shape index (κ1) is 14.6. The van der Waals surface area contributed by atoms with Crippen LogP contribution in [-0.4, -0.2) is 49.5 Å². The smallest absolute Gasteiger partial charge is 0.252 e. The van der Waals surface area contributed by atoms with Gasteiger partial charge in [-0.15, -0.1) is 0 Å². The first-order valence-corrected chi connectivity index (χ1v) is 6.92. The lowest BCUT2D eigenvalue weighted by molar-refractivity contribution is 0.100. The van der Waals surface area contributed by atoms with Gasteiger partial charge >= 0.3 is 0 Å². The third kappa shape index (κ3) is 3.39. The summed E-state index contributed by atoms with van der Waals surface area (Å²) in [5.41, 5.74) is 11.9. The number of nitrogen functional groups attached to an aromatic ring is 1. The van der Waals surface area contributed by atoms with E-state index >= 15 is 0 Å². The number of piperidine rings is 1. The maximum Gasteiger partial charge on any atom is 0.252 e. The number of rotatable bonds is 4. The van der Waals surface area contributed by atoms with Gasteiger partial charge in [-0.25, -0.2) is 4.98 Å². The van der Waals surface area contributed by atoms with Crippen molar-refractivity contribution in [2.75, 3.05) is 44.4 Å². The fraction of sp³-hybridized carbons (Fsp3) is 0.571. The number of nitrogens with two attached hydrogens (primary N) is 2. The maximum absolute atomic E-state index is 11.5. The summed E-state index contributed by atoms with van der Waals surface area (Å²) in [7, 11) is 4.09. The van der Waals surface area contributed by atoms with E-state index in [1.165, 1.54) is 12.8 Å². The van der Waals surface area contributed by atoms with E-state index < -0.39 is 5.91 Å². The molecule has 1 saturated heterocycles. The van der Waals surface area contributed by atoms with Crippen LogP contribution < -0.4 is 16.4 Å². The van der Waals surface area contributed by atoms with Crippen molar-refractivity contribution in [3.63, 3.8) is 0 Å². The van der Waals surface area contributed by atoms with E-state index in [-0.39, 0.29) is 0 Å². The Labute approximate surface area is 119 Å². The molecule has 4 N–H and O–H groups in total. The van der Waals surface area contributed by atoms with Gasteiger partial charge in [0.25, 0.3) is 5.91 Å². The third-order valence-corrected chi connectivity index (χ3v) is 3.89. The summed E-state index contributed by atoms with van der Waals surface area (Å²) in [4.78, 5) is 20.1. The molecule has 0 aromatic carbocycles. The molecule has 1 fully saturated rings. The van der Waals surface area contributed by atoms with Crippen LogP contribution in [0.25, 0.3) is 0 Å². The number of aromatic nitrogens is 1. The quantitative estimate of drug-likeness (QED) is 0.838. The lowest BCUT2D eigenvalue weighted by Crippen LogP contribution is -2.36. The highest BCUT2D eigenvalue weighted by Crippen LogP contribution is 2.22. The average molecular weight is 277 g/mol. The monoisotopic (exact) mass is 277 g/mol. The summed E-state index contributed by atoms with van der Waals surface area (Å²) in [6.45, 7) is 3.12. The second kappa shape index (κ2) is 6.09. The predicted molar refractivity (Wildman–Crippen MR) is 80.7 cm³/mol. The molecule has 0 radical (unpaired) electrons. The minimum absolute atomic E-state index is 0.389. The van der Waals surface area contributed by atoms with Gasteiger partial charge in [-0.3, -0.25) is 4.79 Å². The van der Waals surface area contributed by atoms with Crippen LogP contribution in [-0.2, 0) is 0 Å². The molecule has 1 aromatic rings. The minimum Gasteiger partial charge on any atom is -0.397 e. The SMILES string of the molecule is CN1CCC(CN(C)c2ncc(N)cc2C(N)=O)CC1. The Hall–Kier alpha value is -1.82. The number of nitrogens with zero attached hydrogens (tertiary/aromatic N) is 3. The number of carbonyl (C=O) groups excluding carboxylic acids is 1. The van der Waals surface area contributed by atoms with E-state index in [1.807, 2.05) is 11.9 Å². The van der Waals surface area contributed by atoms with E-state index in [0.717, 1.165) is 19.6 Å². The van der Waals surface area contributed by atoms with Crippen LogP contribution in [0, 0.1) is 5.92 Å². The summed E-state index contributed by atoms with van der Waals surface area (Å²) in [5.74, 6) is 0.747. The van der Waals surface area contributed by atoms with Crippen LogP contribution in [0.15, 0.2) is 12.3 Å². The van der Waals surface area contributed by atoms with Gasteiger partial charge in [-0.2, -0.15) is 0 Å². The molecule has 0 unspecified atom stereocenters. The maximum atomic E-state index is 11.5. The van der Waals surface area contributed by atoms with Crippen molar-refractivity contribution < 1.29 is 4.79 Å². The van der Waals surface area contributed by atoms with Crippen LogP contribution >= 0.6 is 0 Å². The van der Waals surface area contributed by atoms with Crippen molar-refractivity contribution in [3.8, 4) is 0 Å². The molecule has 1 aliphatic rings. The number of carbonyl (C=O) groups is 1. The van der Waals surface area contributed by atoms with E-state index in [9.17, 15) is 4.79 Å². The van der Waals surface area contributed by atoms with Gasteiger partial charge < -0.3 is 21.3 Å². The lowest BCUT2D eigenvalue weighted by Gasteiger charge is -2.32. The molecule has 0 bridgehead atoms. The van der Waals surface area contributed by atoms with E-state index in [1.54, 1.807) is 12.3 Å². The highest BCUT2D eigenvalue weighted by atomic mass is 16.1. The molecule has 1 aromatic heterocycles. The lowest BCUT2D eigenvalue weighted by atomic mass is 9.96. The van der Waals surface area contributed by atoms with Gasteiger partial charge in [0.2, 0.25) is 0 Å². The second-order valence-corrected chi connectivity index (χ2v) is 5.63. The first-order chi connectivity index (χ1) is 9.47. The van der Waals surface area contributed by atoms with Crippen LogP contribution in [0.4, 0.5) is 11.5 Å². The van der Waals surface area contributed by atoms with E-state index in [4.69, 9.17) is 11.5 Å². The van der Waals surface area contributed by atoms with Gasteiger partial charge in [0.05, 0.1) is 17.4 Å². The zero-order valence-corrected chi connectivity index (χ0v) is 12.2. The Bertz CT molecular complexity index is 482. The Kier molecular flexibility index (Phi) is 4.44. The van der Waals surface area contributed by atoms with Gasteiger partial charge in [-0.1, -0.05) is 0 Å². The summed E-state index contributed by atoms with van der Waals surface area (Å²) in [5, 5.41) is 0. The number of primary amides is 1. The number of anilines is 2. The normalized spacial score (nSPS) is 17.1. The first-order valence-electron chi connectivity index (χ1n) is 6.92. The second-order valence-electron chi connectivity index (χ2n) is 5.63. The predicted octanol–water partition coefficient (Wildman–Crippen LogP) is 0.541. The summed E-state index contributed by atoms with van der Waals surface area (Å²) < 4.78 is 0. The van der Waals surface area contributed by atoms with Crippen molar-refractivity contribution in [2.45, 2.75) is 12.8 Å². The average Bonchev–Trinajstić information content (AvgIpc) is 2.41. The number of amides is 1. The molecule has 20 heavy (non-hydrogen) atoms. The van der Waals surface area contributed by atoms with Crippen LogP contribution in [0.3, 0.4) is 0 Å². The molecule has 0 spiro atoms. The molecule has 6 heteroatoms. The van der Waals surface area contributed by atoms with E-state index in [2.05, 4.69) is 16.9 Å². The third-order valence-electron chi connectivity index (χ3n) is 3.89. The van der Waals surface area contributed by atoms with Crippen molar-refractivity contribution in [1.29, 1.82) is 0 Å². The van der Waals surface area contributed by atoms with Crippen molar-refractivity contribution in [3.05, 3.63) is 17.8 Å². The van der Waals surface area contributed by atoms with E-state index in [0.29, 0.717) is 23.0 Å². The standard InChI is InChI=1S/C14H23N5O/c1-18-5-3-10(4-6-18)9-19(2)14-12(13(16)20)7-11(15)8-17-14/h7-8,10H,3-6,9,15H2,1-2H3,(H2,16,20). The van der Waals surface area contributed by atoms with Gasteiger partial charge in [0.15, 0.2) is 0 Å². The van der Waals surface area contributed by atoms with Crippen molar-refractivity contribution >= 4 is 17.4 Å². The van der Waals surface area contributed by atoms with Gasteiger partial charge in [-0.05, 0) is 45.0 Å². The van der Waals surface area contributed by atoms with Crippen molar-refractivity contribution in [2.24, 2.45) is 11.7 Å². The van der Waals surface area contributed by atoms with Crippen molar-refractivity contribution in [1.82, 2.24) is 9.88 Å². The van der Waals surface area contributed by atoms with Gasteiger partial charge in [0.1, 0.15) is 5.82 Å². The topological polar surface area (TPSA) is 88.5 Å².